The fourth-order valence-corrected chi connectivity index (χ4v) is 1.73. The standard InChI is InChI=1S/C14H24N/c1-3-5-7-11-15-12-9-14(10-13-15)8-6-4-2/h9-10,12-13H,3-8,11H2,1-2H3/q+1. The van der Waals surface area contributed by atoms with Crippen molar-refractivity contribution in [3.8, 4) is 0 Å². The van der Waals surface area contributed by atoms with Gasteiger partial charge in [0.25, 0.3) is 0 Å². The number of nitrogens with zero attached hydrogens (tertiary/aromatic N) is 1. The van der Waals surface area contributed by atoms with Gasteiger partial charge in [-0.3, -0.25) is 0 Å². The summed E-state index contributed by atoms with van der Waals surface area (Å²) in [4.78, 5) is 0. The second-order valence-electron chi connectivity index (χ2n) is 4.25. The Morgan fingerprint density at radius 2 is 1.60 bits per heavy atom. The highest BCUT2D eigenvalue weighted by molar-refractivity contribution is 5.06. The van der Waals surface area contributed by atoms with Gasteiger partial charge in [-0.15, -0.1) is 0 Å². The zero-order chi connectivity index (χ0) is 10.9. The Morgan fingerprint density at radius 1 is 0.933 bits per heavy atom. The van der Waals surface area contributed by atoms with E-state index in [1.807, 2.05) is 0 Å². The molecule has 0 fully saturated rings. The molecular formula is C14H24N+. The third kappa shape index (κ3) is 4.96. The number of aryl methyl sites for hydroxylation is 2. The Kier molecular flexibility index (Phi) is 6.06. The molecule has 0 radical (unpaired) electrons. The van der Waals surface area contributed by atoms with E-state index in [-0.39, 0.29) is 0 Å². The van der Waals surface area contributed by atoms with E-state index in [2.05, 4.69) is 42.9 Å². The van der Waals surface area contributed by atoms with Crippen molar-refractivity contribution in [1.82, 2.24) is 0 Å². The highest BCUT2D eigenvalue weighted by Gasteiger charge is 1.99. The van der Waals surface area contributed by atoms with Gasteiger partial charge < -0.3 is 0 Å². The van der Waals surface area contributed by atoms with Crippen LogP contribution in [0.4, 0.5) is 0 Å². The van der Waals surface area contributed by atoms with Crippen LogP contribution in [0.25, 0.3) is 0 Å². The number of hydrogen-bond donors (Lipinski definition) is 0. The normalized spacial score (nSPS) is 10.5. The van der Waals surface area contributed by atoms with E-state index >= 15 is 0 Å². The molecule has 0 bridgehead atoms. The van der Waals surface area contributed by atoms with E-state index in [9.17, 15) is 0 Å². The summed E-state index contributed by atoms with van der Waals surface area (Å²) in [5.74, 6) is 0. The van der Waals surface area contributed by atoms with Crippen LogP contribution in [0.5, 0.6) is 0 Å². The van der Waals surface area contributed by atoms with Crippen molar-refractivity contribution in [2.24, 2.45) is 0 Å². The first-order valence-electron chi connectivity index (χ1n) is 6.34. The van der Waals surface area contributed by atoms with Gasteiger partial charge in [-0.2, -0.15) is 0 Å². The van der Waals surface area contributed by atoms with Gasteiger partial charge in [0.2, 0.25) is 0 Å². The van der Waals surface area contributed by atoms with Gasteiger partial charge in [0, 0.05) is 18.6 Å². The fourth-order valence-electron chi connectivity index (χ4n) is 1.73. The van der Waals surface area contributed by atoms with Crippen molar-refractivity contribution < 1.29 is 4.57 Å². The quantitative estimate of drug-likeness (QED) is 0.475. The van der Waals surface area contributed by atoms with E-state index < -0.39 is 0 Å². The highest BCUT2D eigenvalue weighted by Crippen LogP contribution is 2.02. The van der Waals surface area contributed by atoms with Crippen molar-refractivity contribution in [1.29, 1.82) is 0 Å². The first-order chi connectivity index (χ1) is 7.36. The summed E-state index contributed by atoms with van der Waals surface area (Å²) in [6, 6.07) is 4.53. The molecule has 0 aliphatic heterocycles. The summed E-state index contributed by atoms with van der Waals surface area (Å²) in [7, 11) is 0. The molecule has 1 aromatic rings. The Labute approximate surface area is 94.1 Å². The minimum Gasteiger partial charge on any atom is -0.205 e. The van der Waals surface area contributed by atoms with Gasteiger partial charge in [0.05, 0.1) is 0 Å². The summed E-state index contributed by atoms with van der Waals surface area (Å²) < 4.78 is 2.30. The second kappa shape index (κ2) is 7.44. The van der Waals surface area contributed by atoms with Crippen LogP contribution >= 0.6 is 0 Å². The Balaban J connectivity index is 2.35. The smallest absolute Gasteiger partial charge is 0.169 e. The third-order valence-electron chi connectivity index (χ3n) is 2.80. The van der Waals surface area contributed by atoms with Crippen LogP contribution in [-0.4, -0.2) is 0 Å². The SMILES string of the molecule is CCCCC[n+]1ccc(CCCC)cc1. The molecule has 0 aliphatic rings. The lowest BCUT2D eigenvalue weighted by atomic mass is 10.1. The zero-order valence-corrected chi connectivity index (χ0v) is 10.2. The lowest BCUT2D eigenvalue weighted by Gasteiger charge is -1.99. The van der Waals surface area contributed by atoms with Gasteiger partial charge in [0.1, 0.15) is 6.54 Å². The van der Waals surface area contributed by atoms with E-state index in [0.29, 0.717) is 0 Å². The number of pyridine rings is 1. The predicted molar refractivity (Wildman–Crippen MR) is 64.8 cm³/mol. The highest BCUT2D eigenvalue weighted by atomic mass is 14.9. The molecule has 1 aromatic heterocycles. The molecule has 0 spiro atoms. The minimum atomic E-state index is 1.17. The summed E-state index contributed by atoms with van der Waals surface area (Å²) in [5, 5.41) is 0. The molecule has 0 saturated heterocycles. The zero-order valence-electron chi connectivity index (χ0n) is 10.2. The third-order valence-corrected chi connectivity index (χ3v) is 2.80. The van der Waals surface area contributed by atoms with E-state index in [1.54, 1.807) is 0 Å². The molecule has 0 saturated carbocycles. The Morgan fingerprint density at radius 3 is 2.20 bits per heavy atom. The summed E-state index contributed by atoms with van der Waals surface area (Å²) in [5.41, 5.74) is 1.48. The van der Waals surface area contributed by atoms with Gasteiger partial charge in [-0.1, -0.05) is 26.7 Å². The van der Waals surface area contributed by atoms with Crippen LogP contribution in [0.15, 0.2) is 24.5 Å². The molecule has 1 rings (SSSR count). The molecule has 1 heteroatoms. The van der Waals surface area contributed by atoms with Crippen LogP contribution in [0.1, 0.15) is 51.5 Å². The summed E-state index contributed by atoms with van der Waals surface area (Å²) in [6.45, 7) is 5.66. The second-order valence-corrected chi connectivity index (χ2v) is 4.25. The number of hydrogen-bond acceptors (Lipinski definition) is 0. The molecular weight excluding hydrogens is 182 g/mol. The largest absolute Gasteiger partial charge is 0.205 e. The topological polar surface area (TPSA) is 3.88 Å². The van der Waals surface area contributed by atoms with Crippen LogP contribution in [0, 0.1) is 0 Å². The molecule has 0 amide bonds. The molecule has 1 heterocycles. The minimum absolute atomic E-state index is 1.17. The van der Waals surface area contributed by atoms with E-state index in [0.717, 1.165) is 0 Å². The van der Waals surface area contributed by atoms with Gasteiger partial charge in [-0.05, 0) is 24.8 Å². The summed E-state index contributed by atoms with van der Waals surface area (Å²) in [6.07, 6.45) is 12.2. The molecule has 0 aromatic carbocycles. The Bertz CT molecular complexity index is 251. The van der Waals surface area contributed by atoms with Crippen molar-refractivity contribution in [3.63, 3.8) is 0 Å². The average molecular weight is 206 g/mol. The lowest BCUT2D eigenvalue weighted by Crippen LogP contribution is -2.32. The first kappa shape index (κ1) is 12.2. The van der Waals surface area contributed by atoms with Crippen LogP contribution in [0.3, 0.4) is 0 Å². The fraction of sp³-hybridized carbons (Fsp3) is 0.643. The lowest BCUT2D eigenvalue weighted by molar-refractivity contribution is -0.697. The van der Waals surface area contributed by atoms with Crippen LogP contribution in [-0.2, 0) is 13.0 Å². The number of aromatic nitrogens is 1. The van der Waals surface area contributed by atoms with Crippen molar-refractivity contribution in [3.05, 3.63) is 30.1 Å². The predicted octanol–water partition coefficient (Wildman–Crippen LogP) is 3.51. The maximum atomic E-state index is 2.30. The molecule has 0 unspecified atom stereocenters. The van der Waals surface area contributed by atoms with Crippen molar-refractivity contribution in [2.75, 3.05) is 0 Å². The first-order valence-corrected chi connectivity index (χ1v) is 6.34. The molecule has 1 nitrogen and oxygen atoms in total. The Hall–Kier alpha value is -0.850. The van der Waals surface area contributed by atoms with Gasteiger partial charge >= 0.3 is 0 Å². The van der Waals surface area contributed by atoms with Gasteiger partial charge in [0.15, 0.2) is 12.4 Å². The maximum Gasteiger partial charge on any atom is 0.169 e. The average Bonchev–Trinajstić information content (AvgIpc) is 2.28. The molecule has 0 atom stereocenters. The summed E-state index contributed by atoms with van der Waals surface area (Å²) >= 11 is 0. The van der Waals surface area contributed by atoms with Crippen LogP contribution < -0.4 is 4.57 Å². The molecule has 0 aliphatic carbocycles. The van der Waals surface area contributed by atoms with E-state index in [1.165, 1.54) is 50.6 Å². The maximum absolute atomic E-state index is 2.30. The molecule has 84 valence electrons. The van der Waals surface area contributed by atoms with E-state index in [4.69, 9.17) is 0 Å². The van der Waals surface area contributed by atoms with Gasteiger partial charge in [-0.25, -0.2) is 4.57 Å². The van der Waals surface area contributed by atoms with Crippen LogP contribution in [0.2, 0.25) is 0 Å². The monoisotopic (exact) mass is 206 g/mol. The number of rotatable bonds is 7. The number of unbranched alkanes of at least 4 members (excludes halogenated alkanes) is 3. The molecule has 0 N–H and O–H groups in total. The van der Waals surface area contributed by atoms with Crippen molar-refractivity contribution in [2.45, 2.75) is 58.9 Å². The van der Waals surface area contributed by atoms with Crippen molar-refractivity contribution >= 4 is 0 Å². The molecule has 15 heavy (non-hydrogen) atoms.